The number of thioether (sulfide) groups is 1. The van der Waals surface area contributed by atoms with Crippen molar-refractivity contribution in [2.75, 3.05) is 19.8 Å². The number of aliphatic imine (C=N–C) groups is 1. The highest BCUT2D eigenvalue weighted by atomic mass is 32.2. The van der Waals surface area contributed by atoms with Crippen molar-refractivity contribution < 1.29 is 4.39 Å². The van der Waals surface area contributed by atoms with Crippen LogP contribution in [0, 0.1) is 12.7 Å². The van der Waals surface area contributed by atoms with Crippen molar-refractivity contribution in [1.29, 1.82) is 0 Å². The van der Waals surface area contributed by atoms with Crippen molar-refractivity contribution in [3.8, 4) is 0 Å². The molecular weight excluding hydrogens is 325 g/mol. The quantitative estimate of drug-likeness (QED) is 0.596. The fourth-order valence-electron chi connectivity index (χ4n) is 2.33. The molecule has 2 aromatic rings. The summed E-state index contributed by atoms with van der Waals surface area (Å²) in [7, 11) is 1.74. The number of aromatic nitrogens is 2. The van der Waals surface area contributed by atoms with Gasteiger partial charge >= 0.3 is 0 Å². The van der Waals surface area contributed by atoms with E-state index >= 15 is 0 Å². The lowest BCUT2D eigenvalue weighted by Crippen LogP contribution is -2.38. The summed E-state index contributed by atoms with van der Waals surface area (Å²) in [5.74, 6) is 1.32. The summed E-state index contributed by atoms with van der Waals surface area (Å²) in [4.78, 5) is 4.22. The van der Waals surface area contributed by atoms with E-state index in [9.17, 15) is 4.39 Å². The van der Waals surface area contributed by atoms with E-state index in [1.54, 1.807) is 24.9 Å². The van der Waals surface area contributed by atoms with Crippen molar-refractivity contribution >= 4 is 17.7 Å². The fraction of sp³-hybridized carbons (Fsp3) is 0.412. The zero-order valence-corrected chi connectivity index (χ0v) is 15.2. The fourth-order valence-corrected chi connectivity index (χ4v) is 2.91. The summed E-state index contributed by atoms with van der Waals surface area (Å²) < 4.78 is 15.3. The van der Waals surface area contributed by atoms with Gasteiger partial charge in [0.2, 0.25) is 0 Å². The number of aryl methyl sites for hydroxylation is 1. The maximum atomic E-state index is 13.4. The molecule has 1 aromatic carbocycles. The minimum Gasteiger partial charge on any atom is -0.355 e. The molecule has 1 aromatic heterocycles. The summed E-state index contributed by atoms with van der Waals surface area (Å²) in [5.41, 5.74) is 3.24. The van der Waals surface area contributed by atoms with Gasteiger partial charge in [-0.15, -0.1) is 0 Å². The van der Waals surface area contributed by atoms with Crippen LogP contribution in [0.2, 0.25) is 0 Å². The maximum Gasteiger partial charge on any atom is 0.191 e. The van der Waals surface area contributed by atoms with E-state index < -0.39 is 0 Å². The highest BCUT2D eigenvalue weighted by Crippen LogP contribution is 2.16. The van der Waals surface area contributed by atoms with Gasteiger partial charge in [0.25, 0.3) is 0 Å². The Morgan fingerprint density at radius 2 is 2.17 bits per heavy atom. The average Bonchev–Trinajstić information content (AvgIpc) is 2.98. The highest BCUT2D eigenvalue weighted by Gasteiger charge is 2.05. The van der Waals surface area contributed by atoms with Crippen LogP contribution in [0.25, 0.3) is 0 Å². The number of benzene rings is 1. The lowest BCUT2D eigenvalue weighted by atomic mass is 10.1. The van der Waals surface area contributed by atoms with Crippen LogP contribution in [0.1, 0.15) is 16.7 Å². The van der Waals surface area contributed by atoms with Crippen LogP contribution in [0.3, 0.4) is 0 Å². The molecule has 0 fully saturated rings. The molecule has 0 aliphatic heterocycles. The molecule has 0 unspecified atom stereocenters. The van der Waals surface area contributed by atoms with E-state index in [0.29, 0.717) is 6.54 Å². The first-order valence-electron chi connectivity index (χ1n) is 7.82. The van der Waals surface area contributed by atoms with Crippen LogP contribution in [0.4, 0.5) is 4.39 Å². The second-order valence-corrected chi connectivity index (χ2v) is 6.35. The number of nitrogens with zero attached hydrogens (tertiary/aromatic N) is 3. The van der Waals surface area contributed by atoms with Crippen LogP contribution in [0.5, 0.6) is 0 Å². The SMILES string of the molecule is CN=C(NCCn1cc(C)cn1)NCc1ccc(F)cc1CSC. The molecule has 1 heterocycles. The van der Waals surface area contributed by atoms with E-state index in [2.05, 4.69) is 20.7 Å². The Kier molecular flexibility index (Phi) is 7.11. The van der Waals surface area contributed by atoms with Gasteiger partial charge in [-0.3, -0.25) is 9.67 Å². The maximum absolute atomic E-state index is 13.4. The Bertz CT molecular complexity index is 683. The first kappa shape index (κ1) is 18.3. The average molecular weight is 349 g/mol. The number of hydrogen-bond acceptors (Lipinski definition) is 3. The van der Waals surface area contributed by atoms with Gasteiger partial charge in [0.05, 0.1) is 12.7 Å². The van der Waals surface area contributed by atoms with Crippen molar-refractivity contribution in [1.82, 2.24) is 20.4 Å². The summed E-state index contributed by atoms with van der Waals surface area (Å²) >= 11 is 1.68. The van der Waals surface area contributed by atoms with Crippen LogP contribution >= 0.6 is 11.8 Å². The van der Waals surface area contributed by atoms with Crippen LogP contribution in [0.15, 0.2) is 35.6 Å². The second-order valence-electron chi connectivity index (χ2n) is 5.48. The molecule has 0 saturated heterocycles. The zero-order valence-electron chi connectivity index (χ0n) is 14.3. The summed E-state index contributed by atoms with van der Waals surface area (Å²) in [6.45, 7) is 4.12. The third kappa shape index (κ3) is 5.56. The van der Waals surface area contributed by atoms with Crippen LogP contribution in [-0.4, -0.2) is 35.6 Å². The Morgan fingerprint density at radius 1 is 1.33 bits per heavy atom. The summed E-state index contributed by atoms with van der Waals surface area (Å²) in [5, 5.41) is 10.8. The van der Waals surface area contributed by atoms with Crippen LogP contribution < -0.4 is 10.6 Å². The molecule has 0 aliphatic rings. The van der Waals surface area contributed by atoms with Gasteiger partial charge in [-0.25, -0.2) is 4.39 Å². The molecule has 24 heavy (non-hydrogen) atoms. The zero-order chi connectivity index (χ0) is 17.4. The normalized spacial score (nSPS) is 11.6. The molecule has 2 rings (SSSR count). The lowest BCUT2D eigenvalue weighted by Gasteiger charge is -2.14. The van der Waals surface area contributed by atoms with E-state index in [1.165, 1.54) is 6.07 Å². The van der Waals surface area contributed by atoms with Gasteiger partial charge in [-0.1, -0.05) is 6.07 Å². The van der Waals surface area contributed by atoms with Gasteiger partial charge in [-0.2, -0.15) is 16.9 Å². The predicted octanol–water partition coefficient (Wildman–Crippen LogP) is 2.56. The predicted molar refractivity (Wildman–Crippen MR) is 98.8 cm³/mol. The van der Waals surface area contributed by atoms with Crippen molar-refractivity contribution in [3.63, 3.8) is 0 Å². The third-order valence-corrected chi connectivity index (χ3v) is 4.13. The highest BCUT2D eigenvalue weighted by molar-refractivity contribution is 7.97. The van der Waals surface area contributed by atoms with Crippen LogP contribution in [-0.2, 0) is 18.8 Å². The number of rotatable bonds is 7. The largest absolute Gasteiger partial charge is 0.355 e. The topological polar surface area (TPSA) is 54.2 Å². The number of halogens is 1. The van der Waals surface area contributed by atoms with Gasteiger partial charge in [0, 0.05) is 32.1 Å². The first-order valence-corrected chi connectivity index (χ1v) is 9.21. The first-order chi connectivity index (χ1) is 11.6. The Balaban J connectivity index is 1.85. The minimum absolute atomic E-state index is 0.195. The van der Waals surface area contributed by atoms with Gasteiger partial charge in [0.1, 0.15) is 5.82 Å². The molecule has 0 bridgehead atoms. The molecule has 5 nitrogen and oxygen atoms in total. The second kappa shape index (κ2) is 9.32. The smallest absolute Gasteiger partial charge is 0.191 e. The summed E-state index contributed by atoms with van der Waals surface area (Å²) in [6.07, 6.45) is 5.86. The van der Waals surface area contributed by atoms with E-state index in [0.717, 1.165) is 41.5 Å². The molecule has 0 amide bonds. The standard InChI is InChI=1S/C17H24FN5S/c1-13-9-22-23(11-13)7-6-20-17(19-2)21-10-14-4-5-16(18)8-15(14)12-24-3/h4-5,8-9,11H,6-7,10,12H2,1-3H3,(H2,19,20,21). The number of guanidine groups is 1. The molecule has 7 heteroatoms. The molecular formula is C17H24FN5S. The summed E-state index contributed by atoms with van der Waals surface area (Å²) in [6, 6.07) is 4.93. The Labute approximate surface area is 146 Å². The van der Waals surface area contributed by atoms with Crippen molar-refractivity contribution in [2.45, 2.75) is 25.8 Å². The lowest BCUT2D eigenvalue weighted by molar-refractivity contribution is 0.597. The van der Waals surface area contributed by atoms with E-state index in [4.69, 9.17) is 0 Å². The molecule has 0 radical (unpaired) electrons. The van der Waals surface area contributed by atoms with E-state index in [-0.39, 0.29) is 5.82 Å². The molecule has 2 N–H and O–H groups in total. The number of hydrogen-bond donors (Lipinski definition) is 2. The van der Waals surface area contributed by atoms with Gasteiger partial charge in [0.15, 0.2) is 5.96 Å². The molecule has 0 aliphatic carbocycles. The molecule has 0 atom stereocenters. The van der Waals surface area contributed by atoms with Gasteiger partial charge in [-0.05, 0) is 42.0 Å². The monoisotopic (exact) mass is 349 g/mol. The Morgan fingerprint density at radius 3 is 2.83 bits per heavy atom. The number of nitrogens with one attached hydrogen (secondary N) is 2. The van der Waals surface area contributed by atoms with E-state index in [1.807, 2.05) is 36.3 Å². The van der Waals surface area contributed by atoms with Gasteiger partial charge < -0.3 is 10.6 Å². The van der Waals surface area contributed by atoms with Crippen molar-refractivity contribution in [2.24, 2.45) is 4.99 Å². The molecule has 0 spiro atoms. The van der Waals surface area contributed by atoms with Crippen molar-refractivity contribution in [3.05, 3.63) is 53.1 Å². The molecule has 0 saturated carbocycles. The minimum atomic E-state index is -0.195. The molecule has 130 valence electrons. The third-order valence-electron chi connectivity index (χ3n) is 3.53. The Hall–Kier alpha value is -2.02.